The minimum atomic E-state index is -3.46. The van der Waals surface area contributed by atoms with Crippen LogP contribution in [0.3, 0.4) is 0 Å². The maximum absolute atomic E-state index is 13.0. The lowest BCUT2D eigenvalue weighted by atomic mass is 10.1. The van der Waals surface area contributed by atoms with Crippen LogP contribution in [0.15, 0.2) is 47.5 Å². The highest BCUT2D eigenvalue weighted by Gasteiger charge is 2.26. The molecule has 1 atom stereocenters. The monoisotopic (exact) mass is 363 g/mol. The van der Waals surface area contributed by atoms with E-state index in [0.717, 1.165) is 24.8 Å². The van der Waals surface area contributed by atoms with Gasteiger partial charge >= 0.3 is 0 Å². The van der Waals surface area contributed by atoms with Crippen LogP contribution in [-0.2, 0) is 10.0 Å². The van der Waals surface area contributed by atoms with E-state index in [1.54, 1.807) is 24.3 Å². The van der Waals surface area contributed by atoms with E-state index in [0.29, 0.717) is 18.9 Å². The predicted octanol–water partition coefficient (Wildman–Crippen LogP) is 3.57. The molecule has 2 heterocycles. The Bertz CT molecular complexity index is 801. The Morgan fingerprint density at radius 1 is 1.08 bits per heavy atom. The van der Waals surface area contributed by atoms with Crippen molar-refractivity contribution in [2.45, 2.75) is 37.1 Å². The smallest absolute Gasteiger partial charge is 0.244 e. The SMILES string of the molecule is CC(Nc1ccc(S(=O)(=O)N2CCCCC2)cn1)c1ccc(F)cc1. The van der Waals surface area contributed by atoms with Gasteiger partial charge in [-0.25, -0.2) is 17.8 Å². The summed E-state index contributed by atoms with van der Waals surface area (Å²) in [7, 11) is -3.46. The standard InChI is InChI=1S/C18H22FN3O2S/c1-14(15-5-7-16(19)8-6-15)21-18-10-9-17(13-20-18)25(23,24)22-11-3-2-4-12-22/h5-10,13-14H,2-4,11-12H2,1H3,(H,20,21). The van der Waals surface area contributed by atoms with Gasteiger partial charge in [0.25, 0.3) is 0 Å². The van der Waals surface area contributed by atoms with Gasteiger partial charge in [-0.3, -0.25) is 0 Å². The summed E-state index contributed by atoms with van der Waals surface area (Å²) >= 11 is 0. The van der Waals surface area contributed by atoms with Crippen LogP contribution in [0.4, 0.5) is 10.2 Å². The molecule has 1 unspecified atom stereocenters. The van der Waals surface area contributed by atoms with Crippen molar-refractivity contribution in [3.8, 4) is 0 Å². The zero-order valence-corrected chi connectivity index (χ0v) is 15.0. The number of aromatic nitrogens is 1. The van der Waals surface area contributed by atoms with Gasteiger partial charge in [0, 0.05) is 25.3 Å². The molecule has 1 aromatic carbocycles. The van der Waals surface area contributed by atoms with Crippen molar-refractivity contribution in [1.82, 2.24) is 9.29 Å². The lowest BCUT2D eigenvalue weighted by Gasteiger charge is -2.25. The molecule has 0 spiro atoms. The van der Waals surface area contributed by atoms with Crippen molar-refractivity contribution in [3.63, 3.8) is 0 Å². The molecule has 3 rings (SSSR count). The van der Waals surface area contributed by atoms with Crippen molar-refractivity contribution in [2.24, 2.45) is 0 Å². The Labute approximate surface area is 147 Å². The average molecular weight is 363 g/mol. The predicted molar refractivity (Wildman–Crippen MR) is 95.3 cm³/mol. The molecule has 134 valence electrons. The number of hydrogen-bond donors (Lipinski definition) is 1. The highest BCUT2D eigenvalue weighted by molar-refractivity contribution is 7.89. The van der Waals surface area contributed by atoms with E-state index < -0.39 is 10.0 Å². The second-order valence-electron chi connectivity index (χ2n) is 6.26. The van der Waals surface area contributed by atoms with Crippen molar-refractivity contribution in [1.29, 1.82) is 0 Å². The third-order valence-corrected chi connectivity index (χ3v) is 6.31. The van der Waals surface area contributed by atoms with Crippen LogP contribution in [0.5, 0.6) is 0 Å². The van der Waals surface area contributed by atoms with Gasteiger partial charge in [-0.1, -0.05) is 18.6 Å². The minimum Gasteiger partial charge on any atom is -0.364 e. The summed E-state index contributed by atoms with van der Waals surface area (Å²) in [5, 5.41) is 3.19. The number of halogens is 1. The Kier molecular flexibility index (Phi) is 5.34. The first-order chi connectivity index (χ1) is 12.0. The highest BCUT2D eigenvalue weighted by atomic mass is 32.2. The number of pyridine rings is 1. The number of sulfonamides is 1. The van der Waals surface area contributed by atoms with Crippen molar-refractivity contribution in [3.05, 3.63) is 54.0 Å². The van der Waals surface area contributed by atoms with Gasteiger partial charge in [-0.2, -0.15) is 4.31 Å². The summed E-state index contributed by atoms with van der Waals surface area (Å²) < 4.78 is 39.7. The molecule has 0 aliphatic carbocycles. The molecule has 0 amide bonds. The molecule has 0 saturated carbocycles. The van der Waals surface area contributed by atoms with Gasteiger partial charge in [0.1, 0.15) is 16.5 Å². The molecule has 0 radical (unpaired) electrons. The van der Waals surface area contributed by atoms with Gasteiger partial charge in [-0.05, 0) is 49.6 Å². The molecule has 5 nitrogen and oxygen atoms in total. The number of anilines is 1. The van der Waals surface area contributed by atoms with Gasteiger partial charge < -0.3 is 5.32 Å². The normalized spacial score (nSPS) is 17.2. The van der Waals surface area contributed by atoms with Crippen molar-refractivity contribution < 1.29 is 12.8 Å². The van der Waals surface area contributed by atoms with Gasteiger partial charge in [0.05, 0.1) is 0 Å². The molecule has 1 N–H and O–H groups in total. The summed E-state index contributed by atoms with van der Waals surface area (Å²) in [4.78, 5) is 4.45. The second-order valence-corrected chi connectivity index (χ2v) is 8.20. The first-order valence-electron chi connectivity index (χ1n) is 8.45. The number of rotatable bonds is 5. The van der Waals surface area contributed by atoms with Crippen LogP contribution in [0.2, 0.25) is 0 Å². The Hall–Kier alpha value is -1.99. The third kappa shape index (κ3) is 4.16. The Balaban J connectivity index is 1.70. The summed E-state index contributed by atoms with van der Waals surface area (Å²) in [6.07, 6.45) is 4.28. The first kappa shape index (κ1) is 17.8. The minimum absolute atomic E-state index is 0.0716. The van der Waals surface area contributed by atoms with Crippen LogP contribution in [0, 0.1) is 5.82 Å². The summed E-state index contributed by atoms with van der Waals surface area (Å²) in [6.45, 7) is 3.08. The van der Waals surface area contributed by atoms with Gasteiger partial charge in [0.2, 0.25) is 10.0 Å². The lowest BCUT2D eigenvalue weighted by molar-refractivity contribution is 0.346. The van der Waals surface area contributed by atoms with E-state index in [-0.39, 0.29) is 16.8 Å². The van der Waals surface area contributed by atoms with Crippen molar-refractivity contribution >= 4 is 15.8 Å². The van der Waals surface area contributed by atoms with Crippen molar-refractivity contribution in [2.75, 3.05) is 18.4 Å². The summed E-state index contributed by atoms with van der Waals surface area (Å²) in [5.74, 6) is 0.302. The number of nitrogens with one attached hydrogen (secondary N) is 1. The van der Waals surface area contributed by atoms with E-state index in [2.05, 4.69) is 10.3 Å². The number of hydrogen-bond acceptors (Lipinski definition) is 4. The van der Waals surface area contributed by atoms with E-state index in [9.17, 15) is 12.8 Å². The summed E-state index contributed by atoms with van der Waals surface area (Å²) in [5.41, 5.74) is 0.924. The fraction of sp³-hybridized carbons (Fsp3) is 0.389. The quantitative estimate of drug-likeness (QED) is 0.882. The molecular formula is C18H22FN3O2S. The summed E-state index contributed by atoms with van der Waals surface area (Å²) in [6, 6.07) is 9.42. The van der Waals surface area contributed by atoms with Gasteiger partial charge in [-0.15, -0.1) is 0 Å². The molecule has 1 aromatic heterocycles. The zero-order valence-electron chi connectivity index (χ0n) is 14.2. The number of benzene rings is 1. The fourth-order valence-corrected chi connectivity index (χ4v) is 4.39. The molecule has 0 bridgehead atoms. The molecule has 1 fully saturated rings. The highest BCUT2D eigenvalue weighted by Crippen LogP contribution is 2.22. The molecular weight excluding hydrogens is 341 g/mol. The number of piperidine rings is 1. The maximum atomic E-state index is 13.0. The molecule has 25 heavy (non-hydrogen) atoms. The van der Waals surface area contributed by atoms with E-state index in [1.165, 1.54) is 22.6 Å². The largest absolute Gasteiger partial charge is 0.364 e. The topological polar surface area (TPSA) is 62.3 Å². The second kappa shape index (κ2) is 7.49. The van der Waals surface area contributed by atoms with E-state index in [1.807, 2.05) is 6.92 Å². The fourth-order valence-electron chi connectivity index (χ4n) is 2.93. The number of nitrogens with zero attached hydrogens (tertiary/aromatic N) is 2. The first-order valence-corrected chi connectivity index (χ1v) is 9.89. The maximum Gasteiger partial charge on any atom is 0.244 e. The van der Waals surface area contributed by atoms with Crippen LogP contribution in [0.1, 0.15) is 37.8 Å². The molecule has 7 heteroatoms. The van der Waals surface area contributed by atoms with Gasteiger partial charge in [0.15, 0.2) is 0 Å². The van der Waals surface area contributed by atoms with Crippen LogP contribution in [-0.4, -0.2) is 30.8 Å². The van der Waals surface area contributed by atoms with E-state index >= 15 is 0 Å². The van der Waals surface area contributed by atoms with Crippen LogP contribution >= 0.6 is 0 Å². The van der Waals surface area contributed by atoms with Crippen LogP contribution in [0.25, 0.3) is 0 Å². The molecule has 2 aromatic rings. The Morgan fingerprint density at radius 2 is 1.76 bits per heavy atom. The zero-order chi connectivity index (χ0) is 17.9. The lowest BCUT2D eigenvalue weighted by Crippen LogP contribution is -2.35. The van der Waals surface area contributed by atoms with Crippen LogP contribution < -0.4 is 5.32 Å². The van der Waals surface area contributed by atoms with E-state index in [4.69, 9.17) is 0 Å². The average Bonchev–Trinajstić information content (AvgIpc) is 2.63. The molecule has 1 aliphatic rings. The Morgan fingerprint density at radius 3 is 2.36 bits per heavy atom. The molecule has 1 aliphatic heterocycles. The third-order valence-electron chi connectivity index (χ3n) is 4.42. The molecule has 1 saturated heterocycles.